The van der Waals surface area contributed by atoms with Gasteiger partial charge in [0, 0.05) is 12.8 Å². The highest BCUT2D eigenvalue weighted by Crippen LogP contribution is 2.44. The van der Waals surface area contributed by atoms with Crippen molar-refractivity contribution < 1.29 is 28.5 Å². The molecule has 30 heavy (non-hydrogen) atoms. The Morgan fingerprint density at radius 2 is 1.93 bits per heavy atom. The summed E-state index contributed by atoms with van der Waals surface area (Å²) >= 11 is 0. The van der Waals surface area contributed by atoms with E-state index in [4.69, 9.17) is 19.1 Å². The van der Waals surface area contributed by atoms with Crippen molar-refractivity contribution in [2.45, 2.75) is 71.3 Å². The van der Waals surface area contributed by atoms with E-state index in [-0.39, 0.29) is 31.1 Å². The van der Waals surface area contributed by atoms with E-state index in [1.54, 1.807) is 38.1 Å². The van der Waals surface area contributed by atoms with Crippen LogP contribution >= 0.6 is 7.52 Å². The Kier molecular flexibility index (Phi) is 9.56. The number of aliphatic hydroxyl groups is 1. The fraction of sp³-hybridized carbons (Fsp3) is 0.591. The van der Waals surface area contributed by atoms with Gasteiger partial charge in [0.1, 0.15) is 17.9 Å². The van der Waals surface area contributed by atoms with Crippen LogP contribution in [0.15, 0.2) is 42.0 Å². The Morgan fingerprint density at radius 3 is 2.53 bits per heavy atom. The third kappa shape index (κ3) is 8.23. The lowest BCUT2D eigenvalue weighted by Gasteiger charge is -2.32. The summed E-state index contributed by atoms with van der Waals surface area (Å²) in [5.74, 6) is 0.00380. The van der Waals surface area contributed by atoms with E-state index in [2.05, 4.69) is 5.09 Å². The summed E-state index contributed by atoms with van der Waals surface area (Å²) < 4.78 is 30.6. The van der Waals surface area contributed by atoms with Gasteiger partial charge in [-0.1, -0.05) is 29.8 Å². The van der Waals surface area contributed by atoms with Crippen molar-refractivity contribution in [2.24, 2.45) is 0 Å². The van der Waals surface area contributed by atoms with Crippen molar-refractivity contribution in [1.29, 1.82) is 0 Å². The van der Waals surface area contributed by atoms with Crippen molar-refractivity contribution in [3.8, 4) is 5.75 Å². The van der Waals surface area contributed by atoms with Crippen molar-refractivity contribution in [3.63, 3.8) is 0 Å². The van der Waals surface area contributed by atoms with Crippen LogP contribution in [0.4, 0.5) is 0 Å². The molecule has 2 rings (SSSR count). The number of ether oxygens (including phenoxy) is 2. The van der Waals surface area contributed by atoms with Gasteiger partial charge < -0.3 is 19.1 Å². The molecular formula is C22H34NO6P. The predicted octanol–water partition coefficient (Wildman–Crippen LogP) is 4.06. The van der Waals surface area contributed by atoms with Gasteiger partial charge in [0.2, 0.25) is 0 Å². The maximum atomic E-state index is 13.5. The number of hydrogen-bond acceptors (Lipinski definition) is 6. The quantitative estimate of drug-likeness (QED) is 0.322. The third-order valence-electron chi connectivity index (χ3n) is 4.84. The molecular weight excluding hydrogens is 405 g/mol. The normalized spacial score (nSPS) is 25.2. The third-order valence-corrected chi connectivity index (χ3v) is 6.98. The van der Waals surface area contributed by atoms with Crippen LogP contribution in [-0.4, -0.2) is 48.2 Å². The molecule has 1 heterocycles. The highest BCUT2D eigenvalue weighted by Gasteiger charge is 2.33. The molecule has 1 fully saturated rings. The number of hydrogen-bond donors (Lipinski definition) is 2. The number of aliphatic hydroxyl groups excluding tert-OH is 1. The van der Waals surface area contributed by atoms with E-state index in [0.29, 0.717) is 25.0 Å². The zero-order valence-corrected chi connectivity index (χ0v) is 19.1. The maximum Gasteiger partial charge on any atom is 0.323 e. The molecule has 0 bridgehead atoms. The fourth-order valence-corrected chi connectivity index (χ4v) is 5.29. The smallest absolute Gasteiger partial charge is 0.323 e. The number of carbonyl (C=O) groups excluding carboxylic acids is 1. The van der Waals surface area contributed by atoms with E-state index in [1.165, 1.54) is 0 Å². The number of carbonyl (C=O) groups is 1. The van der Waals surface area contributed by atoms with E-state index in [0.717, 1.165) is 5.57 Å². The summed E-state index contributed by atoms with van der Waals surface area (Å²) in [6, 6.07) is 8.07. The largest absolute Gasteiger partial charge is 0.461 e. The van der Waals surface area contributed by atoms with Crippen LogP contribution < -0.4 is 9.61 Å². The second-order valence-electron chi connectivity index (χ2n) is 7.94. The molecule has 0 saturated carbocycles. The Morgan fingerprint density at radius 1 is 1.30 bits per heavy atom. The molecule has 0 amide bonds. The number of nitrogens with one attached hydrogen (secondary N) is 1. The lowest BCUT2D eigenvalue weighted by atomic mass is 10.0. The predicted molar refractivity (Wildman–Crippen MR) is 117 cm³/mol. The lowest BCUT2D eigenvalue weighted by molar-refractivity contribution is -0.161. The van der Waals surface area contributed by atoms with Crippen molar-refractivity contribution >= 4 is 13.5 Å². The van der Waals surface area contributed by atoms with Gasteiger partial charge in [0.15, 0.2) is 0 Å². The van der Waals surface area contributed by atoms with Crippen molar-refractivity contribution in [1.82, 2.24) is 5.09 Å². The summed E-state index contributed by atoms with van der Waals surface area (Å²) in [7, 11) is -3.40. The van der Waals surface area contributed by atoms with Gasteiger partial charge in [0.25, 0.3) is 0 Å². The minimum atomic E-state index is -3.40. The Bertz CT molecular complexity index is 743. The minimum Gasteiger partial charge on any atom is -0.461 e. The van der Waals surface area contributed by atoms with Crippen LogP contribution in [-0.2, 0) is 18.8 Å². The van der Waals surface area contributed by atoms with Crippen LogP contribution in [0.3, 0.4) is 0 Å². The number of para-hydroxylation sites is 1. The summed E-state index contributed by atoms with van der Waals surface area (Å²) in [4.78, 5) is 12.6. The minimum absolute atomic E-state index is 0.0314. The molecule has 2 N–H and O–H groups in total. The van der Waals surface area contributed by atoms with Crippen LogP contribution in [0.25, 0.3) is 0 Å². The number of esters is 1. The molecule has 1 saturated heterocycles. The van der Waals surface area contributed by atoms with Crippen molar-refractivity contribution in [3.05, 3.63) is 42.0 Å². The van der Waals surface area contributed by atoms with Gasteiger partial charge in [-0.2, -0.15) is 0 Å². The average molecular weight is 439 g/mol. The topological polar surface area (TPSA) is 94.1 Å². The lowest BCUT2D eigenvalue weighted by Crippen LogP contribution is -2.41. The molecule has 0 spiro atoms. The Hall–Kier alpha value is -1.66. The SMILES string of the molecule is C/C(=C\CCP(=O)(N[C@@H](C)C(=O)OC1C[C@@H](C)O[C@@H](C)C1)Oc1ccccc1)CO. The first-order valence-corrected chi connectivity index (χ1v) is 12.3. The number of rotatable bonds is 10. The van der Waals surface area contributed by atoms with Gasteiger partial charge in [-0.05, 0) is 46.2 Å². The molecule has 0 aliphatic carbocycles. The molecule has 1 aromatic carbocycles. The van der Waals surface area contributed by atoms with Gasteiger partial charge in [-0.15, -0.1) is 0 Å². The first-order valence-electron chi connectivity index (χ1n) is 10.4. The molecule has 0 aromatic heterocycles. The van der Waals surface area contributed by atoms with Gasteiger partial charge >= 0.3 is 13.5 Å². The van der Waals surface area contributed by atoms with Gasteiger partial charge in [-0.3, -0.25) is 9.36 Å². The Balaban J connectivity index is 2.03. The molecule has 0 radical (unpaired) electrons. The van der Waals surface area contributed by atoms with E-state index < -0.39 is 19.5 Å². The highest BCUT2D eigenvalue weighted by molar-refractivity contribution is 7.57. The summed E-state index contributed by atoms with van der Waals surface area (Å²) in [5.41, 5.74) is 0.788. The molecule has 1 aromatic rings. The zero-order chi connectivity index (χ0) is 22.1. The molecule has 8 heteroatoms. The molecule has 5 atom stereocenters. The second-order valence-corrected chi connectivity index (χ2v) is 10.2. The van der Waals surface area contributed by atoms with Crippen molar-refractivity contribution in [2.75, 3.05) is 12.8 Å². The summed E-state index contributed by atoms with van der Waals surface area (Å²) in [5, 5.41) is 12.0. The van der Waals surface area contributed by atoms with Gasteiger partial charge in [0.05, 0.1) is 25.0 Å². The molecule has 1 aliphatic heterocycles. The molecule has 2 unspecified atom stereocenters. The van der Waals surface area contributed by atoms with Crippen LogP contribution in [0.1, 0.15) is 47.0 Å². The Labute approximate surface area is 179 Å². The van der Waals surface area contributed by atoms with Crippen LogP contribution in [0.5, 0.6) is 5.75 Å². The first-order chi connectivity index (χ1) is 14.2. The van der Waals surface area contributed by atoms with Crippen LogP contribution in [0, 0.1) is 0 Å². The first kappa shape index (κ1) is 24.6. The van der Waals surface area contributed by atoms with E-state index in [1.807, 2.05) is 26.0 Å². The average Bonchev–Trinajstić information content (AvgIpc) is 2.67. The fourth-order valence-electron chi connectivity index (χ4n) is 3.39. The summed E-state index contributed by atoms with van der Waals surface area (Å²) in [6.07, 6.45) is 3.58. The maximum absolute atomic E-state index is 13.5. The van der Waals surface area contributed by atoms with Gasteiger partial charge in [-0.25, -0.2) is 5.09 Å². The molecule has 168 valence electrons. The van der Waals surface area contributed by atoms with Crippen LogP contribution in [0.2, 0.25) is 0 Å². The zero-order valence-electron chi connectivity index (χ0n) is 18.2. The number of benzene rings is 1. The van der Waals surface area contributed by atoms with E-state index in [9.17, 15) is 9.36 Å². The summed E-state index contributed by atoms with van der Waals surface area (Å²) in [6.45, 7) is 7.29. The molecule has 1 aliphatic rings. The second kappa shape index (κ2) is 11.7. The van der Waals surface area contributed by atoms with E-state index >= 15 is 0 Å². The highest BCUT2D eigenvalue weighted by atomic mass is 31.2. The number of allylic oxidation sites excluding steroid dienone is 1. The monoisotopic (exact) mass is 439 g/mol. The standard InChI is InChI=1S/C22H34NO6P/c1-16(15-24)9-8-12-30(26,29-20-10-6-5-7-11-20)23-19(4)22(25)28-21-13-17(2)27-18(3)14-21/h5-7,9-11,17-19,21,24H,8,12-15H2,1-4H3,(H,23,26)/b16-9+/t17-,18+,19-,21?,30?/m0/s1. The molecule has 7 nitrogen and oxygen atoms in total.